The van der Waals surface area contributed by atoms with Gasteiger partial charge in [-0.15, -0.1) is 22.7 Å². The summed E-state index contributed by atoms with van der Waals surface area (Å²) in [5, 5.41) is 5.18. The van der Waals surface area contributed by atoms with Gasteiger partial charge >= 0.3 is 0 Å². The minimum atomic E-state index is -0.910. The van der Waals surface area contributed by atoms with Gasteiger partial charge in [0.1, 0.15) is 5.52 Å². The van der Waals surface area contributed by atoms with Gasteiger partial charge in [0.15, 0.2) is 11.6 Å². The average Bonchev–Trinajstić information content (AvgIpc) is 3.72. The third kappa shape index (κ3) is 4.06. The molecule has 0 unspecified atom stereocenters. The molecule has 226 valence electrons. The quantitative estimate of drug-likeness (QED) is 0.177. The second-order valence-electron chi connectivity index (χ2n) is 12.0. The first kappa shape index (κ1) is 27.5. The summed E-state index contributed by atoms with van der Waals surface area (Å²) in [7, 11) is 0. The van der Waals surface area contributed by atoms with E-state index in [4.69, 9.17) is 4.98 Å². The molecule has 0 bridgehead atoms. The minimum absolute atomic E-state index is 0.115. The third-order valence-electron chi connectivity index (χ3n) is 9.25. The van der Waals surface area contributed by atoms with Crippen LogP contribution in [0.4, 0.5) is 8.78 Å². The fourth-order valence-corrected chi connectivity index (χ4v) is 9.50. The van der Waals surface area contributed by atoms with Crippen molar-refractivity contribution in [3.63, 3.8) is 0 Å². The summed E-state index contributed by atoms with van der Waals surface area (Å²) in [4.78, 5) is 9.40. The number of hydrogen-bond acceptors (Lipinski definition) is 4. The molecule has 6 aromatic carbocycles. The maximum atomic E-state index is 15.3. The number of thiophene rings is 2. The van der Waals surface area contributed by atoms with Crippen molar-refractivity contribution in [3.05, 3.63) is 145 Å². The fourth-order valence-electron chi connectivity index (χ4n) is 7.02. The van der Waals surface area contributed by atoms with Gasteiger partial charge in [0.05, 0.1) is 11.2 Å². The lowest BCUT2D eigenvalue weighted by molar-refractivity contribution is 0.525. The Balaban J connectivity index is 1.27. The number of rotatable bonds is 3. The number of benzene rings is 6. The smallest absolute Gasteiger partial charge is 0.168 e. The van der Waals surface area contributed by atoms with Crippen molar-refractivity contribution in [2.75, 3.05) is 0 Å². The van der Waals surface area contributed by atoms with Crippen LogP contribution in [0.25, 0.3) is 95.7 Å². The van der Waals surface area contributed by atoms with Gasteiger partial charge in [-0.25, -0.2) is 13.8 Å². The molecule has 0 saturated heterocycles. The second-order valence-corrected chi connectivity index (χ2v) is 14.1. The van der Waals surface area contributed by atoms with E-state index >= 15 is 8.78 Å². The van der Waals surface area contributed by atoms with Crippen LogP contribution in [-0.2, 0) is 0 Å². The Morgan fingerprint density at radius 2 is 0.958 bits per heavy atom. The highest BCUT2D eigenvalue weighted by molar-refractivity contribution is 7.26. The van der Waals surface area contributed by atoms with E-state index in [0.29, 0.717) is 16.7 Å². The molecule has 4 aromatic heterocycles. The Labute approximate surface area is 281 Å². The van der Waals surface area contributed by atoms with Gasteiger partial charge in [-0.1, -0.05) is 72.8 Å². The number of aromatic nitrogens is 2. The molecule has 0 aliphatic rings. The van der Waals surface area contributed by atoms with Crippen LogP contribution in [0.5, 0.6) is 0 Å². The molecule has 48 heavy (non-hydrogen) atoms. The SMILES string of the molecule is Fc1c(F)c2ccc(-c3cc(-c4cccc5c4sc4ccccc45)cc(-c4cccc5c4sc4ccccc45)c3)nc2c2ncccc12. The highest BCUT2D eigenvalue weighted by atomic mass is 32.1. The number of fused-ring (bicyclic) bond motifs is 9. The highest BCUT2D eigenvalue weighted by Gasteiger charge is 2.19. The minimum Gasteiger partial charge on any atom is -0.254 e. The Morgan fingerprint density at radius 1 is 0.438 bits per heavy atom. The standard InChI is InChI=1S/C42H22F2N2S2/c43-37-32-14-7-19-45-39(32)40-33(38(37)44)17-18-34(46-40)25-21-23(26-10-5-12-30-28-8-1-3-15-35(28)47-41(26)30)20-24(22-25)27-11-6-13-31-29-9-2-4-16-36(29)48-42(27)31/h1-22H. The molecule has 0 N–H and O–H groups in total. The molecule has 6 heteroatoms. The third-order valence-corrected chi connectivity index (χ3v) is 11.7. The predicted octanol–water partition coefficient (Wildman–Crippen LogP) is 12.8. The summed E-state index contributed by atoms with van der Waals surface area (Å²) in [5.74, 6) is -1.82. The van der Waals surface area contributed by atoms with E-state index in [1.165, 1.54) is 40.3 Å². The molecule has 0 atom stereocenters. The van der Waals surface area contributed by atoms with Gasteiger partial charge < -0.3 is 0 Å². The maximum absolute atomic E-state index is 15.3. The first-order chi connectivity index (χ1) is 23.6. The molecule has 0 aliphatic carbocycles. The Kier molecular flexibility index (Phi) is 6.01. The summed E-state index contributed by atoms with van der Waals surface area (Å²) >= 11 is 3.60. The van der Waals surface area contributed by atoms with Crippen molar-refractivity contribution in [2.24, 2.45) is 0 Å². The zero-order chi connectivity index (χ0) is 31.9. The van der Waals surface area contributed by atoms with Crippen molar-refractivity contribution < 1.29 is 8.78 Å². The summed E-state index contributed by atoms with van der Waals surface area (Å²) < 4.78 is 35.2. The van der Waals surface area contributed by atoms with Crippen LogP contribution in [0, 0.1) is 11.6 Å². The Hall–Kier alpha value is -5.56. The average molecular weight is 657 g/mol. The monoisotopic (exact) mass is 656 g/mol. The molecule has 0 radical (unpaired) electrons. The normalized spacial score (nSPS) is 12.0. The zero-order valence-corrected chi connectivity index (χ0v) is 26.8. The van der Waals surface area contributed by atoms with Crippen LogP contribution in [-0.4, -0.2) is 9.97 Å². The lowest BCUT2D eigenvalue weighted by Gasteiger charge is -2.13. The van der Waals surface area contributed by atoms with E-state index in [0.717, 1.165) is 27.8 Å². The number of halogens is 2. The summed E-state index contributed by atoms with van der Waals surface area (Å²) in [5.41, 5.74) is 6.63. The van der Waals surface area contributed by atoms with E-state index in [-0.39, 0.29) is 10.8 Å². The predicted molar refractivity (Wildman–Crippen MR) is 199 cm³/mol. The molecule has 0 amide bonds. The molecule has 4 heterocycles. The Bertz CT molecular complexity index is 2810. The van der Waals surface area contributed by atoms with Gasteiger partial charge in [-0.2, -0.15) is 0 Å². The van der Waals surface area contributed by atoms with Crippen LogP contribution >= 0.6 is 22.7 Å². The number of hydrogen-bond donors (Lipinski definition) is 0. The van der Waals surface area contributed by atoms with Crippen LogP contribution < -0.4 is 0 Å². The van der Waals surface area contributed by atoms with Crippen LogP contribution in [0.3, 0.4) is 0 Å². The molecule has 0 spiro atoms. The summed E-state index contributed by atoms with van der Waals surface area (Å²) in [6, 6.07) is 43.2. The first-order valence-electron chi connectivity index (χ1n) is 15.6. The lowest BCUT2D eigenvalue weighted by Crippen LogP contribution is -1.96. The van der Waals surface area contributed by atoms with E-state index in [9.17, 15) is 0 Å². The number of nitrogens with zero attached hydrogens (tertiary/aromatic N) is 2. The van der Waals surface area contributed by atoms with E-state index in [1.54, 1.807) is 53.1 Å². The van der Waals surface area contributed by atoms with Gasteiger partial charge in [0.25, 0.3) is 0 Å². The molecule has 0 saturated carbocycles. The largest absolute Gasteiger partial charge is 0.254 e. The molecular formula is C42H22F2N2S2. The second kappa shape index (κ2) is 10.5. The van der Waals surface area contributed by atoms with Gasteiger partial charge in [0.2, 0.25) is 0 Å². The van der Waals surface area contributed by atoms with E-state index < -0.39 is 11.6 Å². The molecule has 0 aliphatic heterocycles. The molecule has 0 fully saturated rings. The van der Waals surface area contributed by atoms with Gasteiger partial charge in [-0.3, -0.25) is 4.98 Å². The molecule has 10 rings (SSSR count). The van der Waals surface area contributed by atoms with E-state index in [1.807, 2.05) is 0 Å². The summed E-state index contributed by atoms with van der Waals surface area (Å²) in [6.45, 7) is 0. The Morgan fingerprint density at radius 3 is 1.58 bits per heavy atom. The van der Waals surface area contributed by atoms with Crippen molar-refractivity contribution in [1.29, 1.82) is 0 Å². The zero-order valence-electron chi connectivity index (χ0n) is 25.2. The molecule has 2 nitrogen and oxygen atoms in total. The van der Waals surface area contributed by atoms with Gasteiger partial charge in [0, 0.05) is 62.9 Å². The molecule has 10 aromatic rings. The van der Waals surface area contributed by atoms with Crippen molar-refractivity contribution in [2.45, 2.75) is 0 Å². The fraction of sp³-hybridized carbons (Fsp3) is 0. The number of pyridine rings is 2. The topological polar surface area (TPSA) is 25.8 Å². The van der Waals surface area contributed by atoms with Gasteiger partial charge in [-0.05, 0) is 76.9 Å². The van der Waals surface area contributed by atoms with Crippen molar-refractivity contribution >= 4 is 84.8 Å². The summed E-state index contributed by atoms with van der Waals surface area (Å²) in [6.07, 6.45) is 1.59. The molecular weight excluding hydrogens is 635 g/mol. The highest BCUT2D eigenvalue weighted by Crippen LogP contribution is 2.45. The van der Waals surface area contributed by atoms with Crippen molar-refractivity contribution in [1.82, 2.24) is 9.97 Å². The first-order valence-corrected chi connectivity index (χ1v) is 17.2. The van der Waals surface area contributed by atoms with Crippen LogP contribution in [0.15, 0.2) is 134 Å². The van der Waals surface area contributed by atoms with Crippen molar-refractivity contribution in [3.8, 4) is 33.5 Å². The van der Waals surface area contributed by atoms with Crippen LogP contribution in [0.2, 0.25) is 0 Å². The van der Waals surface area contributed by atoms with Crippen LogP contribution in [0.1, 0.15) is 0 Å². The maximum Gasteiger partial charge on any atom is 0.168 e. The van der Waals surface area contributed by atoms with E-state index in [2.05, 4.69) is 108 Å². The lowest BCUT2D eigenvalue weighted by atomic mass is 9.93.